The second kappa shape index (κ2) is 9.76. The number of carbonyl (C=O) groups is 1. The lowest BCUT2D eigenvalue weighted by Gasteiger charge is -2.19. The Balaban J connectivity index is 1.69. The highest BCUT2D eigenvalue weighted by Crippen LogP contribution is 2.30. The molecule has 0 saturated heterocycles. The van der Waals surface area contributed by atoms with Gasteiger partial charge in [-0.3, -0.25) is 9.10 Å². The molecule has 0 bridgehead atoms. The zero-order valence-corrected chi connectivity index (χ0v) is 21.1. The molecule has 1 heterocycles. The van der Waals surface area contributed by atoms with Gasteiger partial charge in [0.15, 0.2) is 4.80 Å². The second-order valence-corrected chi connectivity index (χ2v) is 11.1. The molecular weight excluding hydrogens is 513 g/mol. The van der Waals surface area contributed by atoms with E-state index in [-0.39, 0.29) is 10.5 Å². The summed E-state index contributed by atoms with van der Waals surface area (Å²) in [6, 6.07) is 17.8. The van der Waals surface area contributed by atoms with Crippen molar-refractivity contribution in [2.75, 3.05) is 11.4 Å². The van der Waals surface area contributed by atoms with Crippen molar-refractivity contribution in [2.24, 2.45) is 4.99 Å². The number of hydrogen-bond acceptors (Lipinski definition) is 4. The van der Waals surface area contributed by atoms with Crippen LogP contribution in [0.4, 0.5) is 5.69 Å². The number of benzene rings is 3. The van der Waals surface area contributed by atoms with Gasteiger partial charge in [-0.05, 0) is 48.5 Å². The van der Waals surface area contributed by atoms with E-state index in [2.05, 4.69) is 11.6 Å². The van der Waals surface area contributed by atoms with E-state index < -0.39 is 15.9 Å². The first-order valence-electron chi connectivity index (χ1n) is 10.0. The van der Waals surface area contributed by atoms with Gasteiger partial charge in [0.2, 0.25) is 0 Å². The standard InChI is InChI=1S/C24H19Cl2N3O3S2/c1-3-13-29-22-20(26)14-17(25)15-21(22)33-24(29)27-23(30)16-9-11-19(12-10-16)34(31,32)28(2)18-7-5-4-6-8-18/h3-12,14-15H,1,13H2,2H3. The lowest BCUT2D eigenvalue weighted by Crippen LogP contribution is -2.26. The molecule has 0 radical (unpaired) electrons. The number of allylic oxidation sites excluding steroid dienone is 1. The van der Waals surface area contributed by atoms with Crippen LogP contribution in [0.2, 0.25) is 10.0 Å². The monoisotopic (exact) mass is 531 g/mol. The number of nitrogens with zero attached hydrogens (tertiary/aromatic N) is 3. The van der Waals surface area contributed by atoms with Gasteiger partial charge in [0.1, 0.15) is 0 Å². The fourth-order valence-corrected chi connectivity index (χ4v) is 6.38. The van der Waals surface area contributed by atoms with Crippen LogP contribution in [0, 0.1) is 0 Å². The van der Waals surface area contributed by atoms with Crippen LogP contribution >= 0.6 is 34.5 Å². The summed E-state index contributed by atoms with van der Waals surface area (Å²) < 4.78 is 29.7. The van der Waals surface area contributed by atoms with Gasteiger partial charge in [-0.2, -0.15) is 4.99 Å². The van der Waals surface area contributed by atoms with Gasteiger partial charge in [-0.1, -0.05) is 58.8 Å². The number of thiazole rings is 1. The molecule has 10 heteroatoms. The minimum absolute atomic E-state index is 0.0698. The van der Waals surface area contributed by atoms with E-state index in [0.29, 0.717) is 32.6 Å². The molecule has 0 unspecified atom stereocenters. The van der Waals surface area contributed by atoms with E-state index >= 15 is 0 Å². The van der Waals surface area contributed by atoms with E-state index in [0.717, 1.165) is 4.70 Å². The van der Waals surface area contributed by atoms with Crippen LogP contribution in [0.15, 0.2) is 89.3 Å². The zero-order valence-electron chi connectivity index (χ0n) is 18.0. The fraction of sp³-hybridized carbons (Fsp3) is 0.0833. The Labute approximate surface area is 211 Å². The van der Waals surface area contributed by atoms with Gasteiger partial charge in [-0.25, -0.2) is 8.42 Å². The lowest BCUT2D eigenvalue weighted by atomic mass is 10.2. The molecule has 1 amide bonds. The number of halogens is 2. The number of para-hydroxylation sites is 1. The maximum atomic E-state index is 13.0. The third kappa shape index (κ3) is 4.67. The van der Waals surface area contributed by atoms with Crippen molar-refractivity contribution in [1.29, 1.82) is 0 Å². The van der Waals surface area contributed by atoms with E-state index in [1.54, 1.807) is 47.0 Å². The molecule has 4 rings (SSSR count). The van der Waals surface area contributed by atoms with Crippen LogP contribution in [0.1, 0.15) is 10.4 Å². The maximum absolute atomic E-state index is 13.0. The normalized spacial score (nSPS) is 12.1. The summed E-state index contributed by atoms with van der Waals surface area (Å²) >= 11 is 13.8. The van der Waals surface area contributed by atoms with Crippen molar-refractivity contribution in [3.63, 3.8) is 0 Å². The molecular formula is C24H19Cl2N3O3S2. The summed E-state index contributed by atoms with van der Waals surface area (Å²) in [5, 5.41) is 0.936. The van der Waals surface area contributed by atoms with Crippen molar-refractivity contribution >= 4 is 66.4 Å². The Kier molecular flexibility index (Phi) is 6.95. The highest BCUT2D eigenvalue weighted by atomic mass is 35.5. The Morgan fingerprint density at radius 2 is 1.79 bits per heavy atom. The van der Waals surface area contributed by atoms with Crippen molar-refractivity contribution < 1.29 is 13.2 Å². The average Bonchev–Trinajstić information content (AvgIpc) is 3.16. The minimum atomic E-state index is -3.78. The molecule has 0 fully saturated rings. The number of sulfonamides is 1. The van der Waals surface area contributed by atoms with Gasteiger partial charge in [0.05, 0.1) is 25.8 Å². The molecule has 1 aromatic heterocycles. The molecule has 0 aliphatic carbocycles. The first kappa shape index (κ1) is 24.2. The highest BCUT2D eigenvalue weighted by Gasteiger charge is 2.21. The molecule has 34 heavy (non-hydrogen) atoms. The van der Waals surface area contributed by atoms with Gasteiger partial charge in [0, 0.05) is 24.2 Å². The molecule has 6 nitrogen and oxygen atoms in total. The number of fused-ring (bicyclic) bond motifs is 1. The summed E-state index contributed by atoms with van der Waals surface area (Å²) in [5.74, 6) is -0.507. The molecule has 0 N–H and O–H groups in total. The molecule has 174 valence electrons. The molecule has 0 atom stereocenters. The fourth-order valence-electron chi connectivity index (χ4n) is 3.37. The van der Waals surface area contributed by atoms with Crippen molar-refractivity contribution in [1.82, 2.24) is 4.57 Å². The number of aromatic nitrogens is 1. The predicted molar refractivity (Wildman–Crippen MR) is 138 cm³/mol. The third-order valence-corrected chi connectivity index (χ3v) is 8.42. The Morgan fingerprint density at radius 1 is 1.12 bits per heavy atom. The number of carbonyl (C=O) groups excluding carboxylic acids is 1. The topological polar surface area (TPSA) is 71.7 Å². The summed E-state index contributed by atoms with van der Waals surface area (Å²) in [6.45, 7) is 4.16. The summed E-state index contributed by atoms with van der Waals surface area (Å²) in [5.41, 5.74) is 1.51. The minimum Gasteiger partial charge on any atom is -0.311 e. The summed E-state index contributed by atoms with van der Waals surface area (Å²) in [4.78, 5) is 17.7. The number of rotatable bonds is 6. The van der Waals surface area contributed by atoms with E-state index in [1.165, 1.54) is 47.0 Å². The van der Waals surface area contributed by atoms with E-state index in [9.17, 15) is 13.2 Å². The smallest absolute Gasteiger partial charge is 0.279 e. The van der Waals surface area contributed by atoms with Gasteiger partial charge in [-0.15, -0.1) is 6.58 Å². The molecule has 0 aliphatic rings. The number of hydrogen-bond donors (Lipinski definition) is 0. The van der Waals surface area contributed by atoms with Gasteiger partial charge < -0.3 is 4.57 Å². The highest BCUT2D eigenvalue weighted by molar-refractivity contribution is 7.92. The van der Waals surface area contributed by atoms with Crippen LogP contribution in [-0.4, -0.2) is 25.9 Å². The lowest BCUT2D eigenvalue weighted by molar-refractivity contribution is 0.0998. The Bertz CT molecular complexity index is 1560. The number of anilines is 1. The van der Waals surface area contributed by atoms with Crippen LogP contribution < -0.4 is 9.11 Å². The van der Waals surface area contributed by atoms with Crippen LogP contribution in [0.25, 0.3) is 10.2 Å². The first-order valence-corrected chi connectivity index (χ1v) is 13.1. The molecule has 4 aromatic rings. The molecule has 0 spiro atoms. The molecule has 0 saturated carbocycles. The van der Waals surface area contributed by atoms with Crippen LogP contribution in [0.5, 0.6) is 0 Å². The first-order chi connectivity index (χ1) is 16.2. The Hall–Kier alpha value is -2.91. The van der Waals surface area contributed by atoms with E-state index in [1.807, 2.05) is 6.07 Å². The summed E-state index contributed by atoms with van der Waals surface area (Å²) in [6.07, 6.45) is 1.68. The maximum Gasteiger partial charge on any atom is 0.279 e. The largest absolute Gasteiger partial charge is 0.311 e. The average molecular weight is 532 g/mol. The number of amides is 1. The van der Waals surface area contributed by atoms with Crippen molar-refractivity contribution in [2.45, 2.75) is 11.4 Å². The molecule has 0 aliphatic heterocycles. The quantitative estimate of drug-likeness (QED) is 0.297. The van der Waals surface area contributed by atoms with Gasteiger partial charge >= 0.3 is 0 Å². The van der Waals surface area contributed by atoms with Crippen molar-refractivity contribution in [3.05, 3.63) is 99.8 Å². The van der Waals surface area contributed by atoms with E-state index in [4.69, 9.17) is 23.2 Å². The van der Waals surface area contributed by atoms with Gasteiger partial charge in [0.25, 0.3) is 15.9 Å². The summed E-state index contributed by atoms with van der Waals surface area (Å²) in [7, 11) is -2.30. The SMILES string of the molecule is C=CCn1c(=NC(=O)c2ccc(S(=O)(=O)N(C)c3ccccc3)cc2)sc2cc(Cl)cc(Cl)c21. The Morgan fingerprint density at radius 3 is 2.44 bits per heavy atom. The molecule has 3 aromatic carbocycles. The van der Waals surface area contributed by atoms with Crippen LogP contribution in [-0.2, 0) is 16.6 Å². The zero-order chi connectivity index (χ0) is 24.5. The predicted octanol–water partition coefficient (Wildman–Crippen LogP) is 5.76. The van der Waals surface area contributed by atoms with Crippen molar-refractivity contribution in [3.8, 4) is 0 Å². The third-order valence-electron chi connectivity index (χ3n) is 5.08. The second-order valence-electron chi connectivity index (χ2n) is 7.27. The van der Waals surface area contributed by atoms with Crippen LogP contribution in [0.3, 0.4) is 0 Å².